The maximum absolute atomic E-state index is 12.2. The summed E-state index contributed by atoms with van der Waals surface area (Å²) in [6.45, 7) is 21.9. The van der Waals surface area contributed by atoms with Crippen molar-refractivity contribution in [3.05, 3.63) is 0 Å². The largest absolute Gasteiger partial charge is 0.469 e. The third-order valence-corrected chi connectivity index (χ3v) is 17.0. The van der Waals surface area contributed by atoms with Gasteiger partial charge >= 0.3 is 5.97 Å². The van der Waals surface area contributed by atoms with Gasteiger partial charge in [0.1, 0.15) is 24.4 Å². The van der Waals surface area contributed by atoms with Crippen LogP contribution in [0.1, 0.15) is 60.8 Å². The number of hydrogen-bond donors (Lipinski definition) is 0. The molecule has 2 heterocycles. The average molecular weight is 503 g/mol. The Hall–Kier alpha value is -0.586. The highest BCUT2D eigenvalue weighted by molar-refractivity contribution is 6.74. The molecular weight excluding hydrogens is 456 g/mol. The summed E-state index contributed by atoms with van der Waals surface area (Å²) in [5.74, 6) is -0.295. The zero-order chi connectivity index (χ0) is 25.4. The summed E-state index contributed by atoms with van der Waals surface area (Å²) in [6, 6.07) is 0. The molecule has 2 fully saturated rings. The summed E-state index contributed by atoms with van der Waals surface area (Å²) in [6.07, 6.45) is -0.260. The fourth-order valence-corrected chi connectivity index (χ4v) is 6.42. The van der Waals surface area contributed by atoms with Crippen LogP contribution >= 0.6 is 0 Å². The van der Waals surface area contributed by atoms with Crippen molar-refractivity contribution in [1.82, 2.24) is 0 Å². The number of carbonyl (C=O) groups excluding carboxylic acids is 2. The van der Waals surface area contributed by atoms with Gasteiger partial charge in [-0.1, -0.05) is 41.5 Å². The number of fused-ring (bicyclic) bond motifs is 1. The molecule has 0 radical (unpaired) electrons. The van der Waals surface area contributed by atoms with Crippen LogP contribution in [-0.2, 0) is 32.7 Å². The second kappa shape index (κ2) is 10.2. The molecule has 0 amide bonds. The number of methoxy groups -OCH3 is 1. The topological polar surface area (TPSA) is 80.3 Å². The van der Waals surface area contributed by atoms with Crippen molar-refractivity contribution in [2.75, 3.05) is 7.11 Å². The normalized spacial score (nSPS) is 31.6. The maximum Gasteiger partial charge on any atom is 0.308 e. The summed E-state index contributed by atoms with van der Waals surface area (Å²) in [5, 5.41) is -0.0707. The SMILES string of the molecule is COC(=O)C[C@H]1CC[C@@H]2O[C@@H](C=O)[C@@H](O[Si](C)(C)C(C)(C)C)[C@@H](O[Si](C)(C)C(C)(C)C)[C@H]2O1. The summed E-state index contributed by atoms with van der Waals surface area (Å²) in [7, 11) is -3.11. The van der Waals surface area contributed by atoms with E-state index in [1.165, 1.54) is 7.11 Å². The second-order valence-corrected chi connectivity index (χ2v) is 22.1. The van der Waals surface area contributed by atoms with Crippen molar-refractivity contribution in [3.63, 3.8) is 0 Å². The zero-order valence-electron chi connectivity index (χ0n) is 22.5. The highest BCUT2D eigenvalue weighted by atomic mass is 28.4. The first-order valence-electron chi connectivity index (χ1n) is 12.1. The fraction of sp³-hybridized carbons (Fsp3) is 0.917. The Balaban J connectivity index is 2.45. The minimum absolute atomic E-state index is 0.0287. The fourth-order valence-electron chi connectivity index (χ4n) is 3.81. The molecule has 2 aliphatic rings. The number of carbonyl (C=O) groups is 2. The van der Waals surface area contributed by atoms with E-state index in [1.807, 2.05) is 0 Å². The molecule has 0 saturated carbocycles. The molecular formula is C24H46O7Si2. The molecule has 6 atom stereocenters. The van der Waals surface area contributed by atoms with Gasteiger partial charge in [0.2, 0.25) is 0 Å². The molecule has 0 aromatic carbocycles. The minimum atomic E-state index is -2.25. The van der Waals surface area contributed by atoms with E-state index in [9.17, 15) is 9.59 Å². The first kappa shape index (κ1) is 28.6. The van der Waals surface area contributed by atoms with E-state index in [2.05, 4.69) is 67.7 Å². The third-order valence-electron chi connectivity index (χ3n) is 8.02. The number of hydrogen-bond acceptors (Lipinski definition) is 7. The molecule has 2 aliphatic heterocycles. The van der Waals surface area contributed by atoms with Gasteiger partial charge in [0.15, 0.2) is 22.9 Å². The van der Waals surface area contributed by atoms with Gasteiger partial charge in [0, 0.05) is 0 Å². The van der Waals surface area contributed by atoms with E-state index in [0.717, 1.165) is 6.29 Å². The van der Waals surface area contributed by atoms with E-state index in [1.54, 1.807) is 0 Å². The molecule has 2 saturated heterocycles. The van der Waals surface area contributed by atoms with Gasteiger partial charge in [-0.2, -0.15) is 0 Å². The lowest BCUT2D eigenvalue weighted by atomic mass is 9.89. The van der Waals surface area contributed by atoms with Crippen molar-refractivity contribution in [1.29, 1.82) is 0 Å². The first-order valence-corrected chi connectivity index (χ1v) is 17.9. The van der Waals surface area contributed by atoms with Gasteiger partial charge in [-0.05, 0) is 49.1 Å². The van der Waals surface area contributed by atoms with Crippen LogP contribution in [0.5, 0.6) is 0 Å². The van der Waals surface area contributed by atoms with Crippen molar-refractivity contribution in [2.24, 2.45) is 0 Å². The molecule has 9 heteroatoms. The lowest BCUT2D eigenvalue weighted by molar-refractivity contribution is -0.250. The van der Waals surface area contributed by atoms with Gasteiger partial charge in [-0.25, -0.2) is 0 Å². The van der Waals surface area contributed by atoms with Gasteiger partial charge in [-0.15, -0.1) is 0 Å². The predicted octanol–water partition coefficient (Wildman–Crippen LogP) is 4.84. The Bertz CT molecular complexity index is 696. The van der Waals surface area contributed by atoms with Crippen LogP contribution in [-0.4, -0.2) is 72.6 Å². The highest BCUT2D eigenvalue weighted by Crippen LogP contribution is 2.44. The Morgan fingerprint density at radius 3 is 1.88 bits per heavy atom. The molecule has 0 aliphatic carbocycles. The van der Waals surface area contributed by atoms with Crippen molar-refractivity contribution in [3.8, 4) is 0 Å². The number of ether oxygens (including phenoxy) is 3. The smallest absolute Gasteiger partial charge is 0.308 e. The molecule has 33 heavy (non-hydrogen) atoms. The lowest BCUT2D eigenvalue weighted by Gasteiger charge is -2.53. The molecule has 0 aromatic heterocycles. The molecule has 0 spiro atoms. The quantitative estimate of drug-likeness (QED) is 0.280. The van der Waals surface area contributed by atoms with Gasteiger partial charge in [0.05, 0.1) is 25.7 Å². The molecule has 0 aromatic rings. The highest BCUT2D eigenvalue weighted by Gasteiger charge is 2.55. The lowest BCUT2D eigenvalue weighted by Crippen LogP contribution is -2.67. The Morgan fingerprint density at radius 2 is 1.42 bits per heavy atom. The van der Waals surface area contributed by atoms with E-state index in [-0.39, 0.29) is 34.7 Å². The number of esters is 1. The molecule has 2 rings (SSSR count). The van der Waals surface area contributed by atoms with Crippen LogP contribution in [0, 0.1) is 0 Å². The van der Waals surface area contributed by atoms with Crippen LogP contribution < -0.4 is 0 Å². The summed E-state index contributed by atoms with van der Waals surface area (Å²) < 4.78 is 31.3. The van der Waals surface area contributed by atoms with E-state index in [4.69, 9.17) is 23.1 Å². The maximum atomic E-state index is 12.2. The number of aldehydes is 1. The monoisotopic (exact) mass is 502 g/mol. The molecule has 192 valence electrons. The van der Waals surface area contributed by atoms with Crippen molar-refractivity contribution >= 4 is 28.9 Å². The second-order valence-electron chi connectivity index (χ2n) is 12.5. The van der Waals surface area contributed by atoms with Crippen LogP contribution in [0.25, 0.3) is 0 Å². The Kier molecular flexibility index (Phi) is 8.84. The van der Waals surface area contributed by atoms with Crippen LogP contribution in [0.15, 0.2) is 0 Å². The predicted molar refractivity (Wildman–Crippen MR) is 133 cm³/mol. The van der Waals surface area contributed by atoms with Crippen LogP contribution in [0.3, 0.4) is 0 Å². The summed E-state index contributed by atoms with van der Waals surface area (Å²) in [4.78, 5) is 24.1. The first-order chi connectivity index (χ1) is 14.9. The van der Waals surface area contributed by atoms with E-state index in [0.29, 0.717) is 12.8 Å². The van der Waals surface area contributed by atoms with Crippen molar-refractivity contribution < 1.29 is 32.7 Å². The van der Waals surface area contributed by atoms with E-state index >= 15 is 0 Å². The van der Waals surface area contributed by atoms with Crippen LogP contribution in [0.4, 0.5) is 0 Å². The van der Waals surface area contributed by atoms with Gasteiger partial charge in [-0.3, -0.25) is 4.79 Å². The Labute approximate surface area is 202 Å². The molecule has 0 unspecified atom stereocenters. The summed E-state index contributed by atoms with van der Waals surface area (Å²) in [5.41, 5.74) is 0. The van der Waals surface area contributed by atoms with Crippen LogP contribution in [0.2, 0.25) is 36.3 Å². The van der Waals surface area contributed by atoms with Gasteiger partial charge < -0.3 is 27.9 Å². The molecule has 0 bridgehead atoms. The average Bonchev–Trinajstić information content (AvgIpc) is 2.67. The minimum Gasteiger partial charge on any atom is -0.469 e. The zero-order valence-corrected chi connectivity index (χ0v) is 24.5. The Morgan fingerprint density at radius 1 is 0.909 bits per heavy atom. The van der Waals surface area contributed by atoms with Gasteiger partial charge in [0.25, 0.3) is 0 Å². The standard InChI is InChI=1S/C24H46O7Si2/c1-23(2,3)32(8,9)30-21-18(15-25)29-17-13-12-16(14-19(26)27-7)28-20(17)22(21)31-33(10,11)24(4,5)6/h15-18,20-22H,12-14H2,1-11H3/t16-,17+,18+,20+,21-,22+/m1/s1. The molecule has 0 N–H and O–H groups in total. The summed E-state index contributed by atoms with van der Waals surface area (Å²) >= 11 is 0. The van der Waals surface area contributed by atoms with E-state index < -0.39 is 41.1 Å². The molecule has 7 nitrogen and oxygen atoms in total. The van der Waals surface area contributed by atoms with Crippen molar-refractivity contribution in [2.45, 2.75) is 134 Å². The number of rotatable bonds is 7. The third kappa shape index (κ3) is 6.55.